The van der Waals surface area contributed by atoms with Crippen LogP contribution in [0.2, 0.25) is 0 Å². The minimum Gasteiger partial charge on any atom is -0.456 e. The van der Waals surface area contributed by atoms with Crippen molar-refractivity contribution < 1.29 is 9.53 Å². The molecule has 0 atom stereocenters. The number of nitrogens with zero attached hydrogens (tertiary/aromatic N) is 1. The van der Waals surface area contributed by atoms with E-state index >= 15 is 0 Å². The van der Waals surface area contributed by atoms with Gasteiger partial charge in [-0.2, -0.15) is 0 Å². The van der Waals surface area contributed by atoms with E-state index in [1.54, 1.807) is 10.6 Å². The molecule has 17 heavy (non-hydrogen) atoms. The first-order chi connectivity index (χ1) is 8.16. The summed E-state index contributed by atoms with van der Waals surface area (Å²) in [4.78, 5) is 11.7. The standard InChI is InChI=1S/C14H15NO2/c1-11-5-7-12(8-6-11)10-17-14(16)13-4-3-9-15(13)2/h3-9H,10H2,1-2H3. The summed E-state index contributed by atoms with van der Waals surface area (Å²) in [7, 11) is 1.82. The van der Waals surface area contributed by atoms with Gasteiger partial charge in [0.05, 0.1) is 0 Å². The number of hydrogen-bond donors (Lipinski definition) is 0. The maximum absolute atomic E-state index is 11.7. The molecule has 88 valence electrons. The van der Waals surface area contributed by atoms with Crippen molar-refractivity contribution in [3.8, 4) is 0 Å². The van der Waals surface area contributed by atoms with Crippen LogP contribution in [0.5, 0.6) is 0 Å². The lowest BCUT2D eigenvalue weighted by atomic mass is 10.2. The second-order valence-electron chi connectivity index (χ2n) is 4.07. The van der Waals surface area contributed by atoms with Crippen molar-refractivity contribution in [1.82, 2.24) is 4.57 Å². The second-order valence-corrected chi connectivity index (χ2v) is 4.07. The summed E-state index contributed by atoms with van der Waals surface area (Å²) in [6.07, 6.45) is 1.82. The lowest BCUT2D eigenvalue weighted by Crippen LogP contribution is -2.09. The number of benzene rings is 1. The van der Waals surface area contributed by atoms with E-state index in [0.717, 1.165) is 5.56 Å². The highest BCUT2D eigenvalue weighted by Gasteiger charge is 2.09. The number of ether oxygens (including phenoxy) is 1. The fourth-order valence-electron chi connectivity index (χ4n) is 1.58. The molecule has 0 N–H and O–H groups in total. The number of rotatable bonds is 3. The topological polar surface area (TPSA) is 31.2 Å². The van der Waals surface area contributed by atoms with Crippen LogP contribution in [0.25, 0.3) is 0 Å². The van der Waals surface area contributed by atoms with Crippen molar-refractivity contribution in [2.75, 3.05) is 0 Å². The normalized spacial score (nSPS) is 10.2. The Morgan fingerprint density at radius 2 is 1.94 bits per heavy atom. The number of esters is 1. The Morgan fingerprint density at radius 1 is 1.24 bits per heavy atom. The quantitative estimate of drug-likeness (QED) is 0.758. The summed E-state index contributed by atoms with van der Waals surface area (Å²) in [5, 5.41) is 0. The maximum atomic E-state index is 11.7. The van der Waals surface area contributed by atoms with E-state index in [1.807, 2.05) is 50.5 Å². The van der Waals surface area contributed by atoms with Gasteiger partial charge in [-0.05, 0) is 24.6 Å². The summed E-state index contributed by atoms with van der Waals surface area (Å²) in [5.74, 6) is -0.293. The van der Waals surface area contributed by atoms with Crippen LogP contribution in [-0.4, -0.2) is 10.5 Å². The highest BCUT2D eigenvalue weighted by atomic mass is 16.5. The number of aryl methyl sites for hydroxylation is 2. The summed E-state index contributed by atoms with van der Waals surface area (Å²) >= 11 is 0. The van der Waals surface area contributed by atoms with Crippen molar-refractivity contribution in [2.45, 2.75) is 13.5 Å². The van der Waals surface area contributed by atoms with Gasteiger partial charge in [-0.25, -0.2) is 4.79 Å². The Kier molecular flexibility index (Phi) is 3.28. The molecule has 0 amide bonds. The van der Waals surface area contributed by atoms with Gasteiger partial charge in [-0.15, -0.1) is 0 Å². The Balaban J connectivity index is 1.97. The van der Waals surface area contributed by atoms with Gasteiger partial charge in [0.25, 0.3) is 0 Å². The Bertz CT molecular complexity index is 511. The first kappa shape index (κ1) is 11.5. The van der Waals surface area contributed by atoms with E-state index in [9.17, 15) is 4.79 Å². The van der Waals surface area contributed by atoms with E-state index in [2.05, 4.69) is 0 Å². The van der Waals surface area contributed by atoms with Crippen molar-refractivity contribution >= 4 is 5.97 Å². The van der Waals surface area contributed by atoms with E-state index in [1.165, 1.54) is 5.56 Å². The lowest BCUT2D eigenvalue weighted by molar-refractivity contribution is 0.0461. The molecule has 0 fully saturated rings. The number of hydrogen-bond acceptors (Lipinski definition) is 2. The van der Waals surface area contributed by atoms with Crippen LogP contribution >= 0.6 is 0 Å². The average Bonchev–Trinajstić information content (AvgIpc) is 2.74. The Labute approximate surface area is 101 Å². The summed E-state index contributed by atoms with van der Waals surface area (Å²) in [5.41, 5.74) is 2.76. The zero-order valence-corrected chi connectivity index (χ0v) is 10.0. The van der Waals surface area contributed by atoms with Crippen LogP contribution in [0, 0.1) is 6.92 Å². The molecule has 3 nitrogen and oxygen atoms in total. The van der Waals surface area contributed by atoms with Gasteiger partial charge in [-0.1, -0.05) is 29.8 Å². The predicted octanol–water partition coefficient (Wildman–Crippen LogP) is 2.69. The van der Waals surface area contributed by atoms with Crippen LogP contribution in [0.4, 0.5) is 0 Å². The maximum Gasteiger partial charge on any atom is 0.355 e. The molecule has 0 radical (unpaired) electrons. The first-order valence-corrected chi connectivity index (χ1v) is 5.51. The predicted molar refractivity (Wildman–Crippen MR) is 65.7 cm³/mol. The fourth-order valence-corrected chi connectivity index (χ4v) is 1.58. The largest absolute Gasteiger partial charge is 0.456 e. The van der Waals surface area contributed by atoms with Crippen molar-refractivity contribution in [1.29, 1.82) is 0 Å². The van der Waals surface area contributed by atoms with Crippen molar-refractivity contribution in [3.05, 3.63) is 59.4 Å². The van der Waals surface area contributed by atoms with Crippen LogP contribution in [0.1, 0.15) is 21.6 Å². The van der Waals surface area contributed by atoms with Crippen LogP contribution in [0.3, 0.4) is 0 Å². The molecule has 0 aliphatic carbocycles. The van der Waals surface area contributed by atoms with Gasteiger partial charge in [0.2, 0.25) is 0 Å². The Hall–Kier alpha value is -2.03. The molecule has 0 saturated heterocycles. The highest BCUT2D eigenvalue weighted by Crippen LogP contribution is 2.07. The van der Waals surface area contributed by atoms with Gasteiger partial charge in [0.15, 0.2) is 0 Å². The molecule has 0 bridgehead atoms. The number of carbonyl (C=O) groups is 1. The van der Waals surface area contributed by atoms with Gasteiger partial charge in [0.1, 0.15) is 12.3 Å². The molecule has 2 rings (SSSR count). The van der Waals surface area contributed by atoms with E-state index in [0.29, 0.717) is 12.3 Å². The zero-order chi connectivity index (χ0) is 12.3. The molecule has 1 heterocycles. The molecule has 3 heteroatoms. The fraction of sp³-hybridized carbons (Fsp3) is 0.214. The summed E-state index contributed by atoms with van der Waals surface area (Å²) in [6.45, 7) is 2.34. The van der Waals surface area contributed by atoms with Crippen LogP contribution < -0.4 is 0 Å². The van der Waals surface area contributed by atoms with Crippen molar-refractivity contribution in [3.63, 3.8) is 0 Å². The van der Waals surface area contributed by atoms with Crippen LogP contribution in [0.15, 0.2) is 42.6 Å². The average molecular weight is 229 g/mol. The van der Waals surface area contributed by atoms with Gasteiger partial charge < -0.3 is 9.30 Å². The molecule has 1 aromatic carbocycles. The Morgan fingerprint density at radius 3 is 2.53 bits per heavy atom. The lowest BCUT2D eigenvalue weighted by Gasteiger charge is -2.06. The molecule has 0 spiro atoms. The van der Waals surface area contributed by atoms with E-state index in [-0.39, 0.29) is 5.97 Å². The van der Waals surface area contributed by atoms with E-state index in [4.69, 9.17) is 4.74 Å². The van der Waals surface area contributed by atoms with Crippen LogP contribution in [-0.2, 0) is 18.4 Å². The minimum absolute atomic E-state index is 0.293. The SMILES string of the molecule is Cc1ccc(COC(=O)c2cccn2C)cc1. The minimum atomic E-state index is -0.293. The number of carbonyl (C=O) groups excluding carboxylic acids is 1. The first-order valence-electron chi connectivity index (χ1n) is 5.51. The monoisotopic (exact) mass is 229 g/mol. The third kappa shape index (κ3) is 2.75. The van der Waals surface area contributed by atoms with Gasteiger partial charge in [0, 0.05) is 13.2 Å². The van der Waals surface area contributed by atoms with Gasteiger partial charge in [-0.3, -0.25) is 0 Å². The molecule has 0 aliphatic heterocycles. The van der Waals surface area contributed by atoms with Gasteiger partial charge >= 0.3 is 5.97 Å². The number of aromatic nitrogens is 1. The highest BCUT2D eigenvalue weighted by molar-refractivity contribution is 5.87. The molecular formula is C14H15NO2. The molecule has 2 aromatic rings. The summed E-state index contributed by atoms with van der Waals surface area (Å²) in [6, 6.07) is 11.5. The molecule has 0 saturated carbocycles. The van der Waals surface area contributed by atoms with Crippen molar-refractivity contribution in [2.24, 2.45) is 7.05 Å². The smallest absolute Gasteiger partial charge is 0.355 e. The molecular weight excluding hydrogens is 214 g/mol. The third-order valence-corrected chi connectivity index (χ3v) is 2.64. The molecule has 1 aromatic heterocycles. The van der Waals surface area contributed by atoms with E-state index < -0.39 is 0 Å². The molecule has 0 aliphatic rings. The third-order valence-electron chi connectivity index (χ3n) is 2.64. The summed E-state index contributed by atoms with van der Waals surface area (Å²) < 4.78 is 6.98. The molecule has 0 unspecified atom stereocenters. The second kappa shape index (κ2) is 4.87. The zero-order valence-electron chi connectivity index (χ0n) is 10.0.